The minimum absolute atomic E-state index is 0.238. The summed E-state index contributed by atoms with van der Waals surface area (Å²) >= 11 is 0. The number of hydrogen-bond donors (Lipinski definition) is 2. The van der Waals surface area contributed by atoms with Gasteiger partial charge in [-0.2, -0.15) is 5.26 Å². The number of aliphatic carboxylic acids is 1. The van der Waals surface area contributed by atoms with E-state index in [4.69, 9.17) is 4.74 Å². The number of nitriles is 1. The molecule has 0 atom stereocenters. The van der Waals surface area contributed by atoms with E-state index in [9.17, 15) is 20.0 Å². The lowest BCUT2D eigenvalue weighted by Gasteiger charge is -2.09. The second-order valence-electron chi connectivity index (χ2n) is 5.97. The van der Waals surface area contributed by atoms with E-state index in [1.807, 2.05) is 24.3 Å². The molecule has 0 bridgehead atoms. The van der Waals surface area contributed by atoms with Crippen LogP contribution in [0.4, 0.5) is 0 Å². The van der Waals surface area contributed by atoms with Gasteiger partial charge in [0.05, 0.1) is 5.56 Å². The summed E-state index contributed by atoms with van der Waals surface area (Å²) in [5, 5.41) is 21.2. The van der Waals surface area contributed by atoms with Crippen molar-refractivity contribution >= 4 is 18.0 Å². The minimum atomic E-state index is -1.29. The number of ether oxygens (including phenoxy) is 1. The first-order chi connectivity index (χ1) is 14.1. The number of nitrogens with one attached hydrogen (secondary N) is 1. The fourth-order valence-corrected chi connectivity index (χ4v) is 2.53. The molecule has 3 aromatic carbocycles. The molecule has 0 aliphatic carbocycles. The Kier molecular flexibility index (Phi) is 6.03. The van der Waals surface area contributed by atoms with Crippen LogP contribution in [-0.4, -0.2) is 17.0 Å². The smallest absolute Gasteiger partial charge is 0.352 e. The summed E-state index contributed by atoms with van der Waals surface area (Å²) in [4.78, 5) is 23.8. The second kappa shape index (κ2) is 9.02. The molecule has 0 spiro atoms. The van der Waals surface area contributed by atoms with Gasteiger partial charge in [0.15, 0.2) is 0 Å². The first-order valence-electron chi connectivity index (χ1n) is 8.65. The third kappa shape index (κ3) is 5.08. The molecule has 0 saturated carbocycles. The van der Waals surface area contributed by atoms with Crippen LogP contribution >= 0.6 is 0 Å². The number of carboxylic acid groups (broad SMARTS) is 1. The van der Waals surface area contributed by atoms with E-state index in [1.165, 1.54) is 12.1 Å². The van der Waals surface area contributed by atoms with Crippen molar-refractivity contribution in [2.45, 2.75) is 0 Å². The Labute approximate surface area is 167 Å². The van der Waals surface area contributed by atoms with Crippen molar-refractivity contribution in [2.75, 3.05) is 0 Å². The quantitative estimate of drug-likeness (QED) is 0.620. The normalized spacial score (nSPS) is 10.7. The molecule has 0 saturated heterocycles. The van der Waals surface area contributed by atoms with Gasteiger partial charge < -0.3 is 15.2 Å². The molecule has 142 valence electrons. The highest BCUT2D eigenvalue weighted by Crippen LogP contribution is 2.26. The highest BCUT2D eigenvalue weighted by atomic mass is 16.5. The van der Waals surface area contributed by atoms with Crippen molar-refractivity contribution in [3.05, 3.63) is 101 Å². The Hall–Kier alpha value is -4.37. The molecule has 0 heterocycles. The van der Waals surface area contributed by atoms with Crippen LogP contribution in [-0.2, 0) is 4.79 Å². The summed E-state index contributed by atoms with van der Waals surface area (Å²) < 4.78 is 5.70. The van der Waals surface area contributed by atoms with Gasteiger partial charge in [0.25, 0.3) is 5.91 Å². The van der Waals surface area contributed by atoms with Gasteiger partial charge in [-0.05, 0) is 48.0 Å². The van der Waals surface area contributed by atoms with Gasteiger partial charge in [-0.25, -0.2) is 4.79 Å². The average Bonchev–Trinajstić information content (AvgIpc) is 2.75. The largest absolute Gasteiger partial charge is 0.477 e. The number of carbonyl (C=O) groups excluding carboxylic acids is 1. The van der Waals surface area contributed by atoms with E-state index in [2.05, 4.69) is 5.32 Å². The third-order valence-electron chi connectivity index (χ3n) is 3.92. The van der Waals surface area contributed by atoms with Crippen molar-refractivity contribution in [3.8, 4) is 17.6 Å². The molecule has 3 aromatic rings. The Balaban J connectivity index is 1.85. The van der Waals surface area contributed by atoms with Crippen LogP contribution in [0, 0.1) is 11.3 Å². The molecule has 0 fully saturated rings. The summed E-state index contributed by atoms with van der Waals surface area (Å²) in [5.41, 5.74) is 0.706. The molecular weight excluding hydrogens is 368 g/mol. The number of para-hydroxylation sites is 1. The van der Waals surface area contributed by atoms with Crippen LogP contribution in [0.15, 0.2) is 84.6 Å². The number of nitrogens with zero attached hydrogens (tertiary/aromatic N) is 1. The van der Waals surface area contributed by atoms with Gasteiger partial charge in [0.1, 0.15) is 23.3 Å². The van der Waals surface area contributed by atoms with Crippen LogP contribution in [0.25, 0.3) is 6.08 Å². The van der Waals surface area contributed by atoms with Crippen molar-refractivity contribution in [3.63, 3.8) is 0 Å². The van der Waals surface area contributed by atoms with Crippen LogP contribution in [0.5, 0.6) is 11.5 Å². The molecule has 1 amide bonds. The summed E-state index contributed by atoms with van der Waals surface area (Å²) in [5.74, 6) is -0.907. The molecule has 0 aliphatic rings. The van der Waals surface area contributed by atoms with E-state index in [0.717, 1.165) is 0 Å². The van der Waals surface area contributed by atoms with Crippen LogP contribution in [0.3, 0.4) is 0 Å². The maximum atomic E-state index is 12.2. The lowest BCUT2D eigenvalue weighted by molar-refractivity contribution is -0.132. The standard InChI is InChI=1S/C23H16N2O4/c24-15-18-13-16(11-12-21(18)29-19-9-5-2-6-10-19)14-20(23(27)28)25-22(26)17-7-3-1-4-8-17/h1-14H,(H,25,26)(H,27,28)/b20-14-. The fraction of sp³-hybridized carbons (Fsp3) is 0. The number of carbonyl (C=O) groups is 2. The zero-order valence-electron chi connectivity index (χ0n) is 15.2. The minimum Gasteiger partial charge on any atom is -0.477 e. The third-order valence-corrected chi connectivity index (χ3v) is 3.92. The van der Waals surface area contributed by atoms with Gasteiger partial charge in [-0.3, -0.25) is 4.79 Å². The Morgan fingerprint density at radius 2 is 1.62 bits per heavy atom. The lowest BCUT2D eigenvalue weighted by atomic mass is 10.1. The van der Waals surface area contributed by atoms with Crippen molar-refractivity contribution in [1.29, 1.82) is 5.26 Å². The number of amides is 1. The van der Waals surface area contributed by atoms with Gasteiger partial charge in [0.2, 0.25) is 0 Å². The van der Waals surface area contributed by atoms with E-state index in [0.29, 0.717) is 22.6 Å². The molecular formula is C23H16N2O4. The van der Waals surface area contributed by atoms with E-state index < -0.39 is 11.9 Å². The molecule has 0 aliphatic heterocycles. The van der Waals surface area contributed by atoms with Gasteiger partial charge >= 0.3 is 5.97 Å². The maximum Gasteiger partial charge on any atom is 0.352 e. The Morgan fingerprint density at radius 1 is 0.966 bits per heavy atom. The van der Waals surface area contributed by atoms with Crippen LogP contribution in [0.2, 0.25) is 0 Å². The number of rotatable bonds is 6. The number of hydrogen-bond acceptors (Lipinski definition) is 4. The zero-order chi connectivity index (χ0) is 20.6. The monoisotopic (exact) mass is 384 g/mol. The predicted molar refractivity (Wildman–Crippen MR) is 107 cm³/mol. The SMILES string of the molecule is N#Cc1cc(/C=C(\NC(=O)c2ccccc2)C(=O)O)ccc1Oc1ccccc1. The van der Waals surface area contributed by atoms with Gasteiger partial charge in [-0.1, -0.05) is 42.5 Å². The summed E-state index contributed by atoms with van der Waals surface area (Å²) in [6.07, 6.45) is 1.29. The first-order valence-corrected chi connectivity index (χ1v) is 8.65. The molecule has 6 nitrogen and oxygen atoms in total. The van der Waals surface area contributed by atoms with E-state index in [-0.39, 0.29) is 11.3 Å². The molecule has 6 heteroatoms. The predicted octanol–water partition coefficient (Wildman–Crippen LogP) is 4.21. The Morgan fingerprint density at radius 3 is 2.24 bits per heavy atom. The van der Waals surface area contributed by atoms with Crippen molar-refractivity contribution in [2.24, 2.45) is 0 Å². The molecule has 3 rings (SSSR count). The summed E-state index contributed by atoms with van der Waals surface area (Å²) in [7, 11) is 0. The van der Waals surface area contributed by atoms with Gasteiger partial charge in [-0.15, -0.1) is 0 Å². The first kappa shape index (κ1) is 19.4. The second-order valence-corrected chi connectivity index (χ2v) is 5.97. The summed E-state index contributed by atoms with van der Waals surface area (Å²) in [6, 6.07) is 24.0. The lowest BCUT2D eigenvalue weighted by Crippen LogP contribution is -2.27. The zero-order valence-corrected chi connectivity index (χ0v) is 15.2. The van der Waals surface area contributed by atoms with Gasteiger partial charge in [0, 0.05) is 5.56 Å². The molecule has 2 N–H and O–H groups in total. The fourth-order valence-electron chi connectivity index (χ4n) is 2.53. The highest BCUT2D eigenvalue weighted by Gasteiger charge is 2.14. The highest BCUT2D eigenvalue weighted by molar-refractivity contribution is 6.02. The van der Waals surface area contributed by atoms with Crippen molar-refractivity contribution in [1.82, 2.24) is 5.32 Å². The number of carboxylic acids is 1. The maximum absolute atomic E-state index is 12.2. The topological polar surface area (TPSA) is 99.4 Å². The average molecular weight is 384 g/mol. The van der Waals surface area contributed by atoms with E-state index >= 15 is 0 Å². The van der Waals surface area contributed by atoms with E-state index in [1.54, 1.807) is 54.6 Å². The summed E-state index contributed by atoms with van der Waals surface area (Å²) in [6.45, 7) is 0. The van der Waals surface area contributed by atoms with Crippen molar-refractivity contribution < 1.29 is 19.4 Å². The molecule has 0 unspecified atom stereocenters. The Bertz CT molecular complexity index is 1100. The molecule has 0 radical (unpaired) electrons. The van der Waals surface area contributed by atoms with Crippen LogP contribution < -0.4 is 10.1 Å². The number of benzene rings is 3. The molecule has 0 aromatic heterocycles. The molecule has 29 heavy (non-hydrogen) atoms. The van der Waals surface area contributed by atoms with Crippen LogP contribution in [0.1, 0.15) is 21.5 Å².